The number of anilines is 1. The van der Waals surface area contributed by atoms with Gasteiger partial charge in [0, 0.05) is 13.0 Å². The van der Waals surface area contributed by atoms with Crippen LogP contribution in [0.15, 0.2) is 42.5 Å². The first-order valence-corrected chi connectivity index (χ1v) is 9.62. The van der Waals surface area contributed by atoms with Crippen molar-refractivity contribution < 1.29 is 14.0 Å². The minimum atomic E-state index is -0.885. The number of carbonyl (C=O) groups is 2. The number of hydrogen-bond donors (Lipinski definition) is 3. The van der Waals surface area contributed by atoms with Gasteiger partial charge in [-0.1, -0.05) is 50.2 Å². The van der Waals surface area contributed by atoms with Gasteiger partial charge in [0.15, 0.2) is 0 Å². The van der Waals surface area contributed by atoms with Gasteiger partial charge in [0.1, 0.15) is 11.9 Å². The highest BCUT2D eigenvalue weighted by molar-refractivity contribution is 5.98. The van der Waals surface area contributed by atoms with Crippen molar-refractivity contribution in [3.63, 3.8) is 0 Å². The second-order valence-electron chi connectivity index (χ2n) is 7.49. The summed E-state index contributed by atoms with van der Waals surface area (Å²) >= 11 is 0. The van der Waals surface area contributed by atoms with Gasteiger partial charge < -0.3 is 16.0 Å². The number of rotatable bonds is 6. The monoisotopic (exact) mass is 383 g/mol. The third kappa shape index (κ3) is 4.75. The Balaban J connectivity index is 1.82. The third-order valence-corrected chi connectivity index (χ3v) is 4.76. The van der Waals surface area contributed by atoms with Crippen LogP contribution in [-0.2, 0) is 22.6 Å². The summed E-state index contributed by atoms with van der Waals surface area (Å²) in [6.45, 7) is 5.21. The Labute approximate surface area is 164 Å². The van der Waals surface area contributed by atoms with E-state index in [0.29, 0.717) is 37.1 Å². The molecule has 1 aliphatic rings. The highest BCUT2D eigenvalue weighted by Gasteiger charge is 2.25. The van der Waals surface area contributed by atoms with Crippen LogP contribution in [0.1, 0.15) is 43.0 Å². The molecule has 3 rings (SSSR count). The quantitative estimate of drug-likeness (QED) is 0.717. The first-order valence-electron chi connectivity index (χ1n) is 9.62. The number of carbonyl (C=O) groups excluding carboxylic acids is 2. The number of halogens is 1. The van der Waals surface area contributed by atoms with Crippen molar-refractivity contribution in [3.8, 4) is 0 Å². The lowest BCUT2D eigenvalue weighted by Crippen LogP contribution is -2.37. The van der Waals surface area contributed by atoms with E-state index in [1.54, 1.807) is 30.3 Å². The molecular weight excluding hydrogens is 357 g/mol. The van der Waals surface area contributed by atoms with Crippen molar-refractivity contribution in [3.05, 3.63) is 65.0 Å². The SMILES string of the molecule is CC(C)CC(=O)NC(C(=O)Nc1ccc2c(c1F)CCNC2)c1ccccc1. The molecule has 0 spiro atoms. The molecule has 2 aromatic rings. The van der Waals surface area contributed by atoms with E-state index < -0.39 is 17.8 Å². The summed E-state index contributed by atoms with van der Waals surface area (Å²) < 4.78 is 14.9. The molecule has 2 amide bonds. The van der Waals surface area contributed by atoms with E-state index in [9.17, 15) is 14.0 Å². The molecule has 5 nitrogen and oxygen atoms in total. The van der Waals surface area contributed by atoms with E-state index in [2.05, 4.69) is 16.0 Å². The standard InChI is InChI=1S/C22H26FN3O2/c1-14(2)12-19(27)26-21(15-6-4-3-5-7-15)22(28)25-18-9-8-16-13-24-11-10-17(16)20(18)23/h3-9,14,21,24H,10-13H2,1-2H3,(H,25,28)(H,26,27). The summed E-state index contributed by atoms with van der Waals surface area (Å²) in [5.74, 6) is -0.897. The molecule has 0 saturated carbocycles. The fraction of sp³-hybridized carbons (Fsp3) is 0.364. The molecule has 28 heavy (non-hydrogen) atoms. The zero-order valence-corrected chi connectivity index (χ0v) is 16.2. The smallest absolute Gasteiger partial charge is 0.251 e. The minimum absolute atomic E-state index is 0.143. The number of amides is 2. The summed E-state index contributed by atoms with van der Waals surface area (Å²) in [6.07, 6.45) is 0.898. The molecule has 1 atom stereocenters. The maximum Gasteiger partial charge on any atom is 0.251 e. The lowest BCUT2D eigenvalue weighted by atomic mass is 9.99. The van der Waals surface area contributed by atoms with E-state index in [1.165, 1.54) is 0 Å². The van der Waals surface area contributed by atoms with Crippen LogP contribution in [0.3, 0.4) is 0 Å². The normalized spacial score (nSPS) is 14.3. The molecule has 1 heterocycles. The van der Waals surface area contributed by atoms with Crippen LogP contribution < -0.4 is 16.0 Å². The fourth-order valence-electron chi connectivity index (χ4n) is 3.37. The topological polar surface area (TPSA) is 70.2 Å². The molecule has 0 saturated heterocycles. The highest BCUT2D eigenvalue weighted by Crippen LogP contribution is 2.26. The second kappa shape index (κ2) is 8.97. The summed E-state index contributed by atoms with van der Waals surface area (Å²) in [5, 5.41) is 8.66. The van der Waals surface area contributed by atoms with Gasteiger partial charge in [-0.25, -0.2) is 4.39 Å². The van der Waals surface area contributed by atoms with E-state index in [0.717, 1.165) is 5.56 Å². The average molecular weight is 383 g/mol. The van der Waals surface area contributed by atoms with Crippen LogP contribution in [-0.4, -0.2) is 18.4 Å². The molecule has 0 aliphatic carbocycles. The molecule has 0 fully saturated rings. The van der Waals surface area contributed by atoms with E-state index >= 15 is 0 Å². The third-order valence-electron chi connectivity index (χ3n) is 4.76. The number of hydrogen-bond acceptors (Lipinski definition) is 3. The second-order valence-corrected chi connectivity index (χ2v) is 7.49. The van der Waals surface area contributed by atoms with Crippen LogP contribution in [0.2, 0.25) is 0 Å². The molecule has 148 valence electrons. The summed E-state index contributed by atoms with van der Waals surface area (Å²) in [5.41, 5.74) is 2.34. The number of nitrogens with one attached hydrogen (secondary N) is 3. The maximum atomic E-state index is 14.9. The van der Waals surface area contributed by atoms with Crippen molar-refractivity contribution in [2.75, 3.05) is 11.9 Å². The summed E-state index contributed by atoms with van der Waals surface area (Å²) in [7, 11) is 0. The average Bonchev–Trinajstić information content (AvgIpc) is 2.68. The van der Waals surface area contributed by atoms with Gasteiger partial charge in [0.2, 0.25) is 5.91 Å². The lowest BCUT2D eigenvalue weighted by Gasteiger charge is -2.22. The van der Waals surface area contributed by atoms with E-state index in [1.807, 2.05) is 26.0 Å². The van der Waals surface area contributed by atoms with Gasteiger partial charge in [0.05, 0.1) is 5.69 Å². The molecule has 0 bridgehead atoms. The van der Waals surface area contributed by atoms with Crippen molar-refractivity contribution in [1.82, 2.24) is 10.6 Å². The molecular formula is C22H26FN3O2. The lowest BCUT2D eigenvalue weighted by molar-refractivity contribution is -0.127. The van der Waals surface area contributed by atoms with Crippen molar-refractivity contribution in [1.29, 1.82) is 0 Å². The van der Waals surface area contributed by atoms with Crippen molar-refractivity contribution >= 4 is 17.5 Å². The molecule has 2 aromatic carbocycles. The molecule has 1 unspecified atom stereocenters. The highest BCUT2D eigenvalue weighted by atomic mass is 19.1. The van der Waals surface area contributed by atoms with Crippen LogP contribution >= 0.6 is 0 Å². The predicted molar refractivity (Wildman–Crippen MR) is 107 cm³/mol. The largest absolute Gasteiger partial charge is 0.341 e. The van der Waals surface area contributed by atoms with E-state index in [-0.39, 0.29) is 17.5 Å². The van der Waals surface area contributed by atoms with Crippen LogP contribution in [0.25, 0.3) is 0 Å². The Morgan fingerprint density at radius 2 is 1.89 bits per heavy atom. The summed E-state index contributed by atoms with van der Waals surface area (Å²) in [4.78, 5) is 25.2. The molecule has 0 aromatic heterocycles. The molecule has 6 heteroatoms. The first kappa shape index (κ1) is 20.0. The first-order chi connectivity index (χ1) is 13.5. The minimum Gasteiger partial charge on any atom is -0.341 e. The molecule has 3 N–H and O–H groups in total. The zero-order chi connectivity index (χ0) is 20.1. The van der Waals surface area contributed by atoms with Gasteiger partial charge in [-0.3, -0.25) is 9.59 Å². The van der Waals surface area contributed by atoms with Gasteiger partial charge >= 0.3 is 0 Å². The van der Waals surface area contributed by atoms with Crippen LogP contribution in [0, 0.1) is 11.7 Å². The Morgan fingerprint density at radius 1 is 1.14 bits per heavy atom. The Bertz CT molecular complexity index is 852. The number of benzene rings is 2. The van der Waals surface area contributed by atoms with Crippen molar-refractivity contribution in [2.24, 2.45) is 5.92 Å². The number of fused-ring (bicyclic) bond motifs is 1. The van der Waals surface area contributed by atoms with Gasteiger partial charge in [0.25, 0.3) is 5.91 Å². The van der Waals surface area contributed by atoms with Crippen LogP contribution in [0.5, 0.6) is 0 Å². The Hall–Kier alpha value is -2.73. The Kier molecular flexibility index (Phi) is 6.41. The van der Waals surface area contributed by atoms with Crippen LogP contribution in [0.4, 0.5) is 10.1 Å². The molecule has 1 aliphatic heterocycles. The van der Waals surface area contributed by atoms with Crippen molar-refractivity contribution in [2.45, 2.75) is 39.3 Å². The van der Waals surface area contributed by atoms with Gasteiger partial charge in [-0.05, 0) is 41.6 Å². The molecule has 0 radical (unpaired) electrons. The van der Waals surface area contributed by atoms with Gasteiger partial charge in [-0.2, -0.15) is 0 Å². The predicted octanol–water partition coefficient (Wildman–Crippen LogP) is 3.31. The zero-order valence-electron chi connectivity index (χ0n) is 16.2. The maximum absolute atomic E-state index is 14.9. The van der Waals surface area contributed by atoms with E-state index in [4.69, 9.17) is 0 Å². The summed E-state index contributed by atoms with van der Waals surface area (Å²) in [6, 6.07) is 11.5. The fourth-order valence-corrected chi connectivity index (χ4v) is 3.37. The van der Waals surface area contributed by atoms with Gasteiger partial charge in [-0.15, -0.1) is 0 Å². The Morgan fingerprint density at radius 3 is 2.61 bits per heavy atom.